The first-order valence-corrected chi connectivity index (χ1v) is 19.8. The normalized spacial score (nSPS) is 37.0. The van der Waals surface area contributed by atoms with Crippen molar-refractivity contribution in [1.82, 2.24) is 19.7 Å². The van der Waals surface area contributed by atoms with Gasteiger partial charge in [-0.15, -0.1) is 5.10 Å². The summed E-state index contributed by atoms with van der Waals surface area (Å²) in [6.07, 6.45) is -2.81. The van der Waals surface area contributed by atoms with Gasteiger partial charge in [-0.3, -0.25) is 14.4 Å². The second-order valence-electron chi connectivity index (χ2n) is 16.2. The number of aliphatic hydroxyl groups is 2. The third-order valence-corrected chi connectivity index (χ3v) is 11.5. The topological polar surface area (TPSA) is 219 Å². The number of hydrogen-bond donors (Lipinski definition) is 3. The monoisotopic (exact) mass is 800 g/mol. The lowest BCUT2D eigenvalue weighted by Gasteiger charge is -2.44. The van der Waals surface area contributed by atoms with Gasteiger partial charge in [0.05, 0.1) is 37.6 Å². The van der Waals surface area contributed by atoms with Crippen molar-refractivity contribution < 1.29 is 53.1 Å². The number of rotatable bonds is 8. The summed E-state index contributed by atoms with van der Waals surface area (Å²) in [7, 11) is 3.71. The molecule has 3 aliphatic heterocycles. The van der Waals surface area contributed by atoms with E-state index in [-0.39, 0.29) is 56.3 Å². The van der Waals surface area contributed by atoms with Crippen molar-refractivity contribution in [1.29, 1.82) is 0 Å². The van der Waals surface area contributed by atoms with Crippen molar-refractivity contribution >= 4 is 29.1 Å². The van der Waals surface area contributed by atoms with Crippen LogP contribution in [0, 0.1) is 23.7 Å². The molecule has 0 aromatic carbocycles. The van der Waals surface area contributed by atoms with Gasteiger partial charge in [0.25, 0.3) is 0 Å². The number of anilines is 1. The largest absolute Gasteiger partial charge is 0.459 e. The van der Waals surface area contributed by atoms with Crippen molar-refractivity contribution in [2.24, 2.45) is 28.8 Å². The molecule has 316 valence electrons. The van der Waals surface area contributed by atoms with Crippen LogP contribution >= 0.6 is 0 Å². The molecule has 5 heterocycles. The van der Waals surface area contributed by atoms with Gasteiger partial charge in [-0.1, -0.05) is 38.9 Å². The third-order valence-electron chi connectivity index (χ3n) is 11.5. The zero-order valence-electron chi connectivity index (χ0n) is 34.4. The number of carbonyl (C=O) groups excluding carboxylic acids is 3. The van der Waals surface area contributed by atoms with E-state index >= 15 is 0 Å². The van der Waals surface area contributed by atoms with Crippen LogP contribution in [0.15, 0.2) is 35.7 Å². The summed E-state index contributed by atoms with van der Waals surface area (Å²) in [5, 5.41) is 32.2. The van der Waals surface area contributed by atoms with Crippen molar-refractivity contribution in [3.05, 3.63) is 36.2 Å². The Hall–Kier alpha value is -3.84. The molecule has 57 heavy (non-hydrogen) atoms. The highest BCUT2D eigenvalue weighted by Crippen LogP contribution is 2.35. The predicted molar refractivity (Wildman–Crippen MR) is 207 cm³/mol. The standard InChI is InChI=1S/C40H60N6O11/c1-10-30-40(7,51)37-24(5)33(47)21(2)15-29(52-19-27(20-53-37)44-54-18-26-11-12-32(42-17-26)46-14-13-31(41)43-46)36(23(4)34(48)25(6)38(50)56-30)57-39-35(49)28(45(8)9)16-22(3)55-39/h11-14,17,21-25,28-30,35-37,39,49,51H,10,15-16,18-20H2,1-9H3,(H2,41,43)/b44-27-/t21-,22-,23+,24+,25-,28+,29-,30-,35-,36-,37+,39+,40-/m1/s1. The van der Waals surface area contributed by atoms with E-state index in [0.29, 0.717) is 23.6 Å². The number of ether oxygens (including phenoxy) is 5. The molecule has 0 saturated carbocycles. The number of carbonyl (C=O) groups is 3. The Labute approximate surface area is 334 Å². The van der Waals surface area contributed by atoms with E-state index < -0.39 is 77.8 Å². The van der Waals surface area contributed by atoms with Gasteiger partial charge < -0.3 is 49.4 Å². The molecule has 5 rings (SSSR count). The summed E-state index contributed by atoms with van der Waals surface area (Å²) < 4.78 is 33.1. The second kappa shape index (κ2) is 18.8. The average Bonchev–Trinajstić information content (AvgIpc) is 3.61. The van der Waals surface area contributed by atoms with E-state index in [0.717, 1.165) is 0 Å². The average molecular weight is 801 g/mol. The lowest BCUT2D eigenvalue weighted by molar-refractivity contribution is -0.284. The predicted octanol–water partition coefficient (Wildman–Crippen LogP) is 2.48. The third kappa shape index (κ3) is 10.2. The molecule has 2 aromatic rings. The van der Waals surface area contributed by atoms with Gasteiger partial charge in [-0.2, -0.15) is 0 Å². The first kappa shape index (κ1) is 44.3. The SMILES string of the molecule is CC[C@H]1OC(=O)[C@H](C)C(=O)[C@H](C)[C@@H](O[C@@H]2O[C@H](C)C[C@H](N(C)C)[C@H]2O)[C@H]2C[C@@H](C)C(=O)[C@H](C)[C@H](OC/C(=N\OCc3ccc(-n4ccc(N)n4)nc3)CO2)[C@]1(C)O. The van der Waals surface area contributed by atoms with E-state index in [1.807, 2.05) is 25.9 Å². The first-order chi connectivity index (χ1) is 26.9. The number of aliphatic hydroxyl groups excluding tert-OH is 1. The highest BCUT2D eigenvalue weighted by atomic mass is 16.7. The number of ketones is 2. The number of esters is 1. The molecule has 13 atom stereocenters. The molecule has 3 aliphatic rings. The van der Waals surface area contributed by atoms with Gasteiger partial charge in [0.2, 0.25) is 0 Å². The van der Waals surface area contributed by atoms with Gasteiger partial charge in [0.15, 0.2) is 17.9 Å². The Bertz CT molecular complexity index is 1720. The number of fused-ring (bicyclic) bond motifs is 5. The summed E-state index contributed by atoms with van der Waals surface area (Å²) >= 11 is 0. The highest BCUT2D eigenvalue weighted by molar-refractivity contribution is 6.00. The summed E-state index contributed by atoms with van der Waals surface area (Å²) in [6.45, 7) is 11.2. The molecule has 0 spiro atoms. The van der Waals surface area contributed by atoms with E-state index in [4.69, 9.17) is 34.3 Å². The van der Waals surface area contributed by atoms with Crippen LogP contribution in [0.2, 0.25) is 0 Å². The molecule has 4 N–H and O–H groups in total. The molecule has 0 aliphatic carbocycles. The fraction of sp³-hybridized carbons (Fsp3) is 0.700. The highest BCUT2D eigenvalue weighted by Gasteiger charge is 2.50. The number of pyridine rings is 1. The number of oxime groups is 1. The molecular formula is C40H60N6O11. The summed E-state index contributed by atoms with van der Waals surface area (Å²) in [4.78, 5) is 54.3. The lowest BCUT2D eigenvalue weighted by Crippen LogP contribution is -2.58. The van der Waals surface area contributed by atoms with Crippen LogP contribution in [0.5, 0.6) is 0 Å². The van der Waals surface area contributed by atoms with Crippen LogP contribution in [-0.2, 0) is 49.5 Å². The Balaban J connectivity index is 1.53. The number of cyclic esters (lactones) is 1. The quantitative estimate of drug-likeness (QED) is 0.198. The Kier molecular flexibility index (Phi) is 14.6. The zero-order valence-corrected chi connectivity index (χ0v) is 34.4. The fourth-order valence-corrected chi connectivity index (χ4v) is 8.01. The number of nitrogens with zero attached hydrogens (tertiary/aromatic N) is 5. The van der Waals surface area contributed by atoms with Crippen LogP contribution in [0.1, 0.15) is 73.3 Å². The zero-order chi connectivity index (χ0) is 41.8. The van der Waals surface area contributed by atoms with Crippen LogP contribution in [0.25, 0.3) is 5.82 Å². The van der Waals surface area contributed by atoms with Crippen LogP contribution in [0.4, 0.5) is 5.82 Å². The smallest absolute Gasteiger partial charge is 0.316 e. The lowest BCUT2D eigenvalue weighted by atomic mass is 9.77. The number of hydrogen-bond acceptors (Lipinski definition) is 16. The molecule has 3 fully saturated rings. The minimum absolute atomic E-state index is 0.0275. The second-order valence-corrected chi connectivity index (χ2v) is 16.2. The van der Waals surface area contributed by atoms with Gasteiger partial charge in [0, 0.05) is 47.8 Å². The maximum atomic E-state index is 14.3. The molecule has 17 nitrogen and oxygen atoms in total. The van der Waals surface area contributed by atoms with Crippen molar-refractivity contribution in [2.45, 2.75) is 129 Å². The van der Waals surface area contributed by atoms with Gasteiger partial charge >= 0.3 is 5.97 Å². The minimum atomic E-state index is -1.87. The fourth-order valence-electron chi connectivity index (χ4n) is 8.01. The summed E-state index contributed by atoms with van der Waals surface area (Å²) in [6, 6.07) is 4.92. The van der Waals surface area contributed by atoms with Gasteiger partial charge in [-0.25, -0.2) is 9.67 Å². The summed E-state index contributed by atoms with van der Waals surface area (Å²) in [5.74, 6) is -4.47. The number of likely N-dealkylation sites (N-methyl/N-ethyl adjacent to an activating group) is 1. The van der Waals surface area contributed by atoms with Crippen molar-refractivity contribution in [3.8, 4) is 5.82 Å². The maximum absolute atomic E-state index is 14.3. The molecule has 0 amide bonds. The summed E-state index contributed by atoms with van der Waals surface area (Å²) in [5.41, 5.74) is 4.84. The van der Waals surface area contributed by atoms with E-state index in [1.54, 1.807) is 63.0 Å². The van der Waals surface area contributed by atoms with Crippen LogP contribution in [0.3, 0.4) is 0 Å². The van der Waals surface area contributed by atoms with Crippen molar-refractivity contribution in [2.75, 3.05) is 33.0 Å². The Morgan fingerprint density at radius 1 is 1.04 bits per heavy atom. The van der Waals surface area contributed by atoms with Gasteiger partial charge in [-0.05, 0) is 60.2 Å². The van der Waals surface area contributed by atoms with Crippen molar-refractivity contribution in [3.63, 3.8) is 0 Å². The molecule has 2 aromatic heterocycles. The molecular weight excluding hydrogens is 740 g/mol. The number of aromatic nitrogens is 3. The minimum Gasteiger partial charge on any atom is -0.459 e. The molecule has 3 saturated heterocycles. The first-order valence-electron chi connectivity index (χ1n) is 19.8. The van der Waals surface area contributed by atoms with Gasteiger partial charge in [0.1, 0.15) is 47.6 Å². The van der Waals surface area contributed by atoms with E-state index in [1.165, 1.54) is 13.8 Å². The number of nitrogen functional groups attached to an aromatic ring is 1. The Morgan fingerprint density at radius 2 is 1.75 bits per heavy atom. The number of nitrogens with two attached hydrogens (primary N) is 1. The van der Waals surface area contributed by atoms with E-state index in [9.17, 15) is 24.6 Å². The van der Waals surface area contributed by atoms with E-state index in [2.05, 4.69) is 15.2 Å². The van der Waals surface area contributed by atoms with Crippen LogP contribution < -0.4 is 5.73 Å². The Morgan fingerprint density at radius 3 is 2.39 bits per heavy atom. The molecule has 0 unspecified atom stereocenters. The molecule has 0 radical (unpaired) electrons. The maximum Gasteiger partial charge on any atom is 0.316 e. The van der Waals surface area contributed by atoms with Crippen LogP contribution in [-0.4, -0.2) is 135 Å². The molecule has 17 heteroatoms. The molecule has 2 bridgehead atoms. The number of Topliss-reactive ketones (excluding diaryl/α,β-unsaturated/α-hetero) is 2.